The van der Waals surface area contributed by atoms with E-state index < -0.39 is 0 Å². The molecule has 0 unspecified atom stereocenters. The van der Waals surface area contributed by atoms with Crippen LogP contribution in [0.15, 0.2) is 24.4 Å². The molecule has 1 amide bonds. The fraction of sp³-hybridized carbons (Fsp3) is 0.700. The summed E-state index contributed by atoms with van der Waals surface area (Å²) in [6.07, 6.45) is 5.65. The molecule has 1 saturated carbocycles. The number of likely N-dealkylation sites (tertiary alicyclic amines) is 1. The number of nitrogens with one attached hydrogen (secondary N) is 1. The molecular weight excluding hydrogens is 330 g/mol. The Kier molecular flexibility index (Phi) is 7.00. The number of aliphatic hydroxyl groups is 1. The second-order valence-electron chi connectivity index (χ2n) is 7.63. The van der Waals surface area contributed by atoms with Gasteiger partial charge in [0.2, 0.25) is 5.91 Å². The molecule has 1 aromatic rings. The lowest BCUT2D eigenvalue weighted by molar-refractivity contribution is -0.128. The predicted octanol–water partition coefficient (Wildman–Crippen LogP) is 1.24. The van der Waals surface area contributed by atoms with Crippen molar-refractivity contribution in [2.75, 3.05) is 33.4 Å². The number of pyridine rings is 1. The van der Waals surface area contributed by atoms with Crippen LogP contribution in [0, 0.1) is 11.8 Å². The molecule has 2 N–H and O–H groups in total. The van der Waals surface area contributed by atoms with Crippen LogP contribution < -0.4 is 5.32 Å². The molecule has 144 valence electrons. The first-order valence-corrected chi connectivity index (χ1v) is 9.75. The molecule has 2 heterocycles. The van der Waals surface area contributed by atoms with Crippen molar-refractivity contribution in [3.05, 3.63) is 30.1 Å². The van der Waals surface area contributed by atoms with Gasteiger partial charge in [0.05, 0.1) is 12.7 Å². The van der Waals surface area contributed by atoms with Crippen molar-refractivity contribution in [3.63, 3.8) is 0 Å². The van der Waals surface area contributed by atoms with E-state index in [2.05, 4.69) is 15.2 Å². The Hall–Kier alpha value is -1.50. The molecule has 2 aliphatic rings. The van der Waals surface area contributed by atoms with Crippen LogP contribution in [-0.2, 0) is 16.0 Å². The number of ether oxygens (including phenoxy) is 1. The molecule has 26 heavy (non-hydrogen) atoms. The second kappa shape index (κ2) is 9.44. The Morgan fingerprint density at radius 2 is 2.15 bits per heavy atom. The highest BCUT2D eigenvalue weighted by Gasteiger charge is 2.36. The van der Waals surface area contributed by atoms with E-state index in [0.717, 1.165) is 64.0 Å². The smallest absolute Gasteiger partial charge is 0.223 e. The van der Waals surface area contributed by atoms with E-state index in [-0.39, 0.29) is 24.0 Å². The lowest BCUT2D eigenvalue weighted by Crippen LogP contribution is -2.51. The van der Waals surface area contributed by atoms with Gasteiger partial charge in [-0.15, -0.1) is 0 Å². The van der Waals surface area contributed by atoms with Gasteiger partial charge >= 0.3 is 0 Å². The van der Waals surface area contributed by atoms with E-state index in [1.54, 1.807) is 13.3 Å². The third kappa shape index (κ3) is 5.25. The third-order valence-corrected chi connectivity index (χ3v) is 5.77. The van der Waals surface area contributed by atoms with E-state index >= 15 is 0 Å². The van der Waals surface area contributed by atoms with Crippen LogP contribution >= 0.6 is 0 Å². The van der Waals surface area contributed by atoms with E-state index in [0.29, 0.717) is 5.92 Å². The number of aliphatic hydroxyl groups excluding tert-OH is 1. The number of piperidine rings is 1. The van der Waals surface area contributed by atoms with Gasteiger partial charge in [-0.25, -0.2) is 0 Å². The van der Waals surface area contributed by atoms with Crippen LogP contribution in [0.2, 0.25) is 0 Å². The van der Waals surface area contributed by atoms with Crippen molar-refractivity contribution in [1.29, 1.82) is 0 Å². The Balaban J connectivity index is 1.52. The maximum Gasteiger partial charge on any atom is 0.223 e. The summed E-state index contributed by atoms with van der Waals surface area (Å²) < 4.78 is 5.13. The number of methoxy groups -OCH3 is 1. The molecule has 0 aromatic carbocycles. The summed E-state index contributed by atoms with van der Waals surface area (Å²) in [6.45, 7) is 3.59. The molecule has 1 aliphatic carbocycles. The maximum absolute atomic E-state index is 12.8. The highest BCUT2D eigenvalue weighted by atomic mass is 16.5. The average Bonchev–Trinajstić information content (AvgIpc) is 2.64. The van der Waals surface area contributed by atoms with Crippen LogP contribution in [0.3, 0.4) is 0 Å². The minimum absolute atomic E-state index is 0.0623. The molecule has 0 bridgehead atoms. The summed E-state index contributed by atoms with van der Waals surface area (Å²) in [5, 5.41) is 13.0. The number of rotatable bonds is 8. The SMILES string of the molecule is COCCN1CCC(C(=O)N[C@H](Cc2ccccn2)C2CC(O)C2)CC1. The van der Waals surface area contributed by atoms with Gasteiger partial charge in [-0.3, -0.25) is 9.78 Å². The number of hydrogen-bond donors (Lipinski definition) is 2. The molecular formula is C20H31N3O3. The number of nitrogens with zero attached hydrogens (tertiary/aromatic N) is 2. The Bertz CT molecular complexity index is 555. The Morgan fingerprint density at radius 1 is 1.38 bits per heavy atom. The maximum atomic E-state index is 12.8. The number of carbonyl (C=O) groups excluding carboxylic acids is 1. The molecule has 1 aliphatic heterocycles. The third-order valence-electron chi connectivity index (χ3n) is 5.77. The zero-order chi connectivity index (χ0) is 18.4. The largest absolute Gasteiger partial charge is 0.393 e. The van der Waals surface area contributed by atoms with Crippen LogP contribution in [0.5, 0.6) is 0 Å². The number of carbonyl (C=O) groups is 1. The van der Waals surface area contributed by atoms with Gasteiger partial charge in [-0.05, 0) is 56.8 Å². The molecule has 2 fully saturated rings. The first-order chi connectivity index (χ1) is 12.7. The Morgan fingerprint density at radius 3 is 2.77 bits per heavy atom. The van der Waals surface area contributed by atoms with Gasteiger partial charge in [0.25, 0.3) is 0 Å². The van der Waals surface area contributed by atoms with Crippen molar-refractivity contribution in [1.82, 2.24) is 15.2 Å². The standard InChI is InChI=1S/C20H31N3O3/c1-26-11-10-23-8-5-15(6-9-23)20(25)22-19(16-12-18(24)13-16)14-17-4-2-3-7-21-17/h2-4,7,15-16,18-19,24H,5-6,8-14H2,1H3,(H,22,25)/t16?,18?,19-/m1/s1. The van der Waals surface area contributed by atoms with E-state index in [1.165, 1.54) is 0 Å². The second-order valence-corrected chi connectivity index (χ2v) is 7.63. The van der Waals surface area contributed by atoms with Gasteiger partial charge in [0.15, 0.2) is 0 Å². The lowest BCUT2D eigenvalue weighted by Gasteiger charge is -2.39. The summed E-state index contributed by atoms with van der Waals surface area (Å²) in [4.78, 5) is 19.6. The minimum Gasteiger partial charge on any atom is -0.393 e. The number of aromatic nitrogens is 1. The zero-order valence-electron chi connectivity index (χ0n) is 15.6. The summed E-state index contributed by atoms with van der Waals surface area (Å²) in [5.74, 6) is 0.599. The van der Waals surface area contributed by atoms with Crippen molar-refractivity contribution in [3.8, 4) is 0 Å². The minimum atomic E-state index is -0.216. The molecule has 6 heteroatoms. The first kappa shape index (κ1) is 19.3. The van der Waals surface area contributed by atoms with E-state index in [4.69, 9.17) is 4.74 Å². The van der Waals surface area contributed by atoms with Crippen LogP contribution in [0.4, 0.5) is 0 Å². The van der Waals surface area contributed by atoms with Gasteiger partial charge in [0, 0.05) is 43.9 Å². The van der Waals surface area contributed by atoms with Gasteiger partial charge in [-0.2, -0.15) is 0 Å². The van der Waals surface area contributed by atoms with Crippen LogP contribution in [-0.4, -0.2) is 66.4 Å². The zero-order valence-corrected chi connectivity index (χ0v) is 15.6. The number of amides is 1. The molecule has 1 saturated heterocycles. The molecule has 6 nitrogen and oxygen atoms in total. The quantitative estimate of drug-likeness (QED) is 0.729. The summed E-state index contributed by atoms with van der Waals surface area (Å²) in [5.41, 5.74) is 0.994. The first-order valence-electron chi connectivity index (χ1n) is 9.75. The topological polar surface area (TPSA) is 74.7 Å². The van der Waals surface area contributed by atoms with Crippen molar-refractivity contribution < 1.29 is 14.6 Å². The molecule has 0 radical (unpaired) electrons. The summed E-state index contributed by atoms with van der Waals surface area (Å²) in [7, 11) is 1.72. The van der Waals surface area contributed by atoms with Crippen molar-refractivity contribution >= 4 is 5.91 Å². The fourth-order valence-electron chi connectivity index (χ4n) is 3.98. The van der Waals surface area contributed by atoms with Crippen LogP contribution in [0.1, 0.15) is 31.4 Å². The molecule has 1 aromatic heterocycles. The normalized spacial score (nSPS) is 25.5. The number of hydrogen-bond acceptors (Lipinski definition) is 5. The summed E-state index contributed by atoms with van der Waals surface area (Å²) in [6, 6.07) is 5.95. The van der Waals surface area contributed by atoms with Gasteiger partial charge < -0.3 is 20.1 Å². The monoisotopic (exact) mass is 361 g/mol. The molecule has 3 rings (SSSR count). The van der Waals surface area contributed by atoms with Gasteiger partial charge in [0.1, 0.15) is 0 Å². The summed E-state index contributed by atoms with van der Waals surface area (Å²) >= 11 is 0. The molecule has 0 spiro atoms. The van der Waals surface area contributed by atoms with Crippen LogP contribution in [0.25, 0.3) is 0 Å². The van der Waals surface area contributed by atoms with E-state index in [9.17, 15) is 9.90 Å². The highest BCUT2D eigenvalue weighted by molar-refractivity contribution is 5.79. The fourth-order valence-corrected chi connectivity index (χ4v) is 3.98. The average molecular weight is 361 g/mol. The van der Waals surface area contributed by atoms with E-state index in [1.807, 2.05) is 18.2 Å². The van der Waals surface area contributed by atoms with Crippen molar-refractivity contribution in [2.45, 2.75) is 44.2 Å². The lowest BCUT2D eigenvalue weighted by atomic mass is 9.75. The van der Waals surface area contributed by atoms with Gasteiger partial charge in [-0.1, -0.05) is 6.07 Å². The van der Waals surface area contributed by atoms with Crippen molar-refractivity contribution in [2.24, 2.45) is 11.8 Å². The highest BCUT2D eigenvalue weighted by Crippen LogP contribution is 2.32. The molecule has 1 atom stereocenters. The Labute approximate surface area is 155 Å². The predicted molar refractivity (Wildman–Crippen MR) is 99.6 cm³/mol.